The Kier molecular flexibility index (Phi) is 4.68. The van der Waals surface area contributed by atoms with Gasteiger partial charge in [-0.3, -0.25) is 4.90 Å². The molecule has 2 atom stereocenters. The first-order valence-corrected chi connectivity index (χ1v) is 7.55. The molecule has 0 saturated carbocycles. The zero-order valence-corrected chi connectivity index (χ0v) is 12.5. The summed E-state index contributed by atoms with van der Waals surface area (Å²) in [6, 6.07) is 1.32. The second-order valence-corrected chi connectivity index (χ2v) is 7.01. The number of likely N-dealkylation sites (tertiary alicyclic amines) is 1. The first-order chi connectivity index (χ1) is 8.47. The molecule has 0 spiro atoms. The molecule has 0 aromatic heterocycles. The van der Waals surface area contributed by atoms with E-state index in [4.69, 9.17) is 4.74 Å². The molecule has 0 radical (unpaired) electrons. The minimum Gasteiger partial charge on any atom is -0.381 e. The molecule has 0 bridgehead atoms. The van der Waals surface area contributed by atoms with E-state index in [1.807, 2.05) is 0 Å². The molecule has 1 N–H and O–H groups in total. The quantitative estimate of drug-likeness (QED) is 0.836. The number of hydrogen-bond acceptors (Lipinski definition) is 3. The van der Waals surface area contributed by atoms with Gasteiger partial charge < -0.3 is 10.1 Å². The SMILES string of the molecule is CC(NC1CCN(C(C)(C)C)CC1)C1CCOC1. The van der Waals surface area contributed by atoms with E-state index in [0.29, 0.717) is 17.6 Å². The van der Waals surface area contributed by atoms with Crippen molar-refractivity contribution in [1.82, 2.24) is 10.2 Å². The minimum atomic E-state index is 0.329. The van der Waals surface area contributed by atoms with Gasteiger partial charge in [0.2, 0.25) is 0 Å². The third-order valence-electron chi connectivity index (χ3n) is 4.61. The minimum absolute atomic E-state index is 0.329. The highest BCUT2D eigenvalue weighted by Gasteiger charge is 2.29. The van der Waals surface area contributed by atoms with E-state index in [1.165, 1.54) is 32.4 Å². The molecule has 3 nitrogen and oxygen atoms in total. The van der Waals surface area contributed by atoms with Gasteiger partial charge in [-0.05, 0) is 52.9 Å². The average molecular weight is 254 g/mol. The van der Waals surface area contributed by atoms with E-state index in [2.05, 4.69) is 37.9 Å². The second kappa shape index (κ2) is 5.89. The first kappa shape index (κ1) is 14.3. The van der Waals surface area contributed by atoms with Gasteiger partial charge in [-0.2, -0.15) is 0 Å². The summed E-state index contributed by atoms with van der Waals surface area (Å²) in [6.07, 6.45) is 3.80. The van der Waals surface area contributed by atoms with Crippen LogP contribution in [0.15, 0.2) is 0 Å². The van der Waals surface area contributed by atoms with Gasteiger partial charge in [0.1, 0.15) is 0 Å². The van der Waals surface area contributed by atoms with Crippen LogP contribution in [0, 0.1) is 5.92 Å². The van der Waals surface area contributed by atoms with Crippen LogP contribution in [0.3, 0.4) is 0 Å². The Morgan fingerprint density at radius 3 is 2.33 bits per heavy atom. The Hall–Kier alpha value is -0.120. The van der Waals surface area contributed by atoms with Crippen LogP contribution in [0.4, 0.5) is 0 Å². The van der Waals surface area contributed by atoms with E-state index in [-0.39, 0.29) is 0 Å². The normalized spacial score (nSPS) is 29.7. The van der Waals surface area contributed by atoms with E-state index in [1.54, 1.807) is 0 Å². The second-order valence-electron chi connectivity index (χ2n) is 7.01. The van der Waals surface area contributed by atoms with Gasteiger partial charge in [-0.25, -0.2) is 0 Å². The summed E-state index contributed by atoms with van der Waals surface area (Å²) < 4.78 is 5.48. The Morgan fingerprint density at radius 2 is 1.83 bits per heavy atom. The molecule has 0 amide bonds. The molecular formula is C15H30N2O. The summed E-state index contributed by atoms with van der Waals surface area (Å²) in [4.78, 5) is 2.61. The van der Waals surface area contributed by atoms with E-state index in [0.717, 1.165) is 19.1 Å². The molecule has 2 aliphatic heterocycles. The third kappa shape index (κ3) is 3.69. The van der Waals surface area contributed by atoms with Crippen LogP contribution in [0.25, 0.3) is 0 Å². The molecule has 2 heterocycles. The molecule has 0 aliphatic carbocycles. The topological polar surface area (TPSA) is 24.5 Å². The predicted octanol–water partition coefficient (Wildman–Crippen LogP) is 2.26. The Balaban J connectivity index is 1.73. The summed E-state index contributed by atoms with van der Waals surface area (Å²) in [5.74, 6) is 0.727. The molecule has 0 aromatic carbocycles. The number of ether oxygens (including phenoxy) is 1. The van der Waals surface area contributed by atoms with Gasteiger partial charge in [0.25, 0.3) is 0 Å². The number of piperidine rings is 1. The number of hydrogen-bond donors (Lipinski definition) is 1. The Morgan fingerprint density at radius 1 is 1.17 bits per heavy atom. The lowest BCUT2D eigenvalue weighted by molar-refractivity contribution is 0.0913. The van der Waals surface area contributed by atoms with Gasteiger partial charge in [0.05, 0.1) is 6.61 Å². The fourth-order valence-electron chi connectivity index (χ4n) is 3.17. The largest absolute Gasteiger partial charge is 0.381 e. The number of rotatable bonds is 3. The molecule has 0 aromatic rings. The van der Waals surface area contributed by atoms with Crippen LogP contribution in [-0.4, -0.2) is 48.8 Å². The van der Waals surface area contributed by atoms with Crippen molar-refractivity contribution in [2.45, 2.75) is 64.6 Å². The maximum Gasteiger partial charge on any atom is 0.0509 e. The van der Waals surface area contributed by atoms with Crippen molar-refractivity contribution in [1.29, 1.82) is 0 Å². The maximum absolute atomic E-state index is 5.48. The Labute approximate surface area is 112 Å². The zero-order chi connectivity index (χ0) is 13.2. The lowest BCUT2D eigenvalue weighted by atomic mass is 9.95. The third-order valence-corrected chi connectivity index (χ3v) is 4.61. The molecule has 3 heteroatoms. The van der Waals surface area contributed by atoms with Crippen molar-refractivity contribution in [2.75, 3.05) is 26.3 Å². The van der Waals surface area contributed by atoms with Crippen LogP contribution in [0.2, 0.25) is 0 Å². The van der Waals surface area contributed by atoms with Gasteiger partial charge in [-0.15, -0.1) is 0 Å². The number of nitrogens with zero attached hydrogens (tertiary/aromatic N) is 1. The monoisotopic (exact) mass is 254 g/mol. The first-order valence-electron chi connectivity index (χ1n) is 7.55. The summed E-state index contributed by atoms with van der Waals surface area (Å²) >= 11 is 0. The van der Waals surface area contributed by atoms with Crippen LogP contribution in [-0.2, 0) is 4.74 Å². The highest BCUT2D eigenvalue weighted by molar-refractivity contribution is 4.87. The zero-order valence-electron chi connectivity index (χ0n) is 12.5. The van der Waals surface area contributed by atoms with Crippen LogP contribution >= 0.6 is 0 Å². The molecule has 2 saturated heterocycles. The molecule has 2 aliphatic rings. The molecular weight excluding hydrogens is 224 g/mol. The fraction of sp³-hybridized carbons (Fsp3) is 1.00. The van der Waals surface area contributed by atoms with Gasteiger partial charge in [0, 0.05) is 37.3 Å². The smallest absolute Gasteiger partial charge is 0.0509 e. The predicted molar refractivity (Wildman–Crippen MR) is 75.9 cm³/mol. The van der Waals surface area contributed by atoms with Gasteiger partial charge >= 0.3 is 0 Å². The lowest BCUT2D eigenvalue weighted by Crippen LogP contribution is -2.52. The van der Waals surface area contributed by atoms with Crippen molar-refractivity contribution < 1.29 is 4.74 Å². The van der Waals surface area contributed by atoms with Crippen molar-refractivity contribution in [3.8, 4) is 0 Å². The Bertz CT molecular complexity index is 248. The molecule has 2 fully saturated rings. The van der Waals surface area contributed by atoms with Gasteiger partial charge in [0.15, 0.2) is 0 Å². The number of nitrogens with one attached hydrogen (secondary N) is 1. The lowest BCUT2D eigenvalue weighted by Gasteiger charge is -2.42. The highest BCUT2D eigenvalue weighted by Crippen LogP contribution is 2.22. The van der Waals surface area contributed by atoms with Crippen LogP contribution in [0.5, 0.6) is 0 Å². The van der Waals surface area contributed by atoms with Crippen molar-refractivity contribution in [3.63, 3.8) is 0 Å². The van der Waals surface area contributed by atoms with Crippen molar-refractivity contribution in [2.24, 2.45) is 5.92 Å². The standard InChI is InChI=1S/C15H30N2O/c1-12(13-7-10-18-11-13)16-14-5-8-17(9-6-14)15(2,3)4/h12-14,16H,5-11H2,1-4H3. The summed E-state index contributed by atoms with van der Waals surface area (Å²) in [7, 11) is 0. The summed E-state index contributed by atoms with van der Waals surface area (Å²) in [5, 5.41) is 3.83. The average Bonchev–Trinajstić information content (AvgIpc) is 2.82. The van der Waals surface area contributed by atoms with Crippen LogP contribution in [0.1, 0.15) is 47.0 Å². The van der Waals surface area contributed by atoms with E-state index < -0.39 is 0 Å². The highest BCUT2D eigenvalue weighted by atomic mass is 16.5. The summed E-state index contributed by atoms with van der Waals surface area (Å²) in [5.41, 5.74) is 0.329. The molecule has 2 unspecified atom stereocenters. The van der Waals surface area contributed by atoms with Crippen LogP contribution < -0.4 is 5.32 Å². The van der Waals surface area contributed by atoms with Crippen molar-refractivity contribution in [3.05, 3.63) is 0 Å². The van der Waals surface area contributed by atoms with E-state index >= 15 is 0 Å². The molecule has 2 rings (SSSR count). The fourth-order valence-corrected chi connectivity index (χ4v) is 3.17. The molecule has 106 valence electrons. The van der Waals surface area contributed by atoms with Gasteiger partial charge in [-0.1, -0.05) is 0 Å². The maximum atomic E-state index is 5.48. The molecule has 18 heavy (non-hydrogen) atoms. The summed E-state index contributed by atoms with van der Waals surface area (Å²) in [6.45, 7) is 13.7. The van der Waals surface area contributed by atoms with E-state index in [9.17, 15) is 0 Å². The van der Waals surface area contributed by atoms with Crippen molar-refractivity contribution >= 4 is 0 Å².